The van der Waals surface area contributed by atoms with Gasteiger partial charge >= 0.3 is 0 Å². The van der Waals surface area contributed by atoms with Gasteiger partial charge in [-0.25, -0.2) is 4.39 Å². The number of nitrogens with one attached hydrogen (secondary N) is 2. The quantitative estimate of drug-likeness (QED) is 0.736. The zero-order valence-electron chi connectivity index (χ0n) is 10.2. The minimum absolute atomic E-state index is 0. The topological polar surface area (TPSA) is 50.4 Å². The summed E-state index contributed by atoms with van der Waals surface area (Å²) in [5, 5.41) is 5.83. The Labute approximate surface area is 112 Å². The Bertz CT molecular complexity index is 346. The van der Waals surface area contributed by atoms with Crippen LogP contribution in [-0.4, -0.2) is 39.3 Å². The lowest BCUT2D eigenvalue weighted by molar-refractivity contribution is 0.0953. The highest BCUT2D eigenvalue weighted by molar-refractivity contribution is 5.94. The summed E-state index contributed by atoms with van der Waals surface area (Å²) in [6, 6.07) is 5.46. The highest BCUT2D eigenvalue weighted by Gasteiger charge is 2.03. The number of hydrogen-bond donors (Lipinski definition) is 2. The zero-order valence-corrected chi connectivity index (χ0v) is 11.1. The number of amides is 1. The van der Waals surface area contributed by atoms with Crippen LogP contribution in [0.15, 0.2) is 24.3 Å². The van der Waals surface area contributed by atoms with Gasteiger partial charge in [0.2, 0.25) is 0 Å². The zero-order chi connectivity index (χ0) is 12.5. The Balaban J connectivity index is 0.00000289. The highest BCUT2D eigenvalue weighted by Crippen LogP contribution is 2.01. The molecular formula is C12H18ClFN2O2. The van der Waals surface area contributed by atoms with Gasteiger partial charge in [0.25, 0.3) is 5.91 Å². The Kier molecular flexibility index (Phi) is 9.18. The molecule has 0 radical (unpaired) electrons. The SMILES string of the molecule is COCCNCCNC(=O)c1ccc(F)cc1.Cl. The lowest BCUT2D eigenvalue weighted by Gasteiger charge is -2.06. The Hall–Kier alpha value is -1.17. The van der Waals surface area contributed by atoms with Gasteiger partial charge in [-0.1, -0.05) is 0 Å². The molecule has 2 N–H and O–H groups in total. The normalized spacial score (nSPS) is 9.67. The van der Waals surface area contributed by atoms with E-state index in [1.165, 1.54) is 24.3 Å². The van der Waals surface area contributed by atoms with Crippen molar-refractivity contribution in [1.29, 1.82) is 0 Å². The summed E-state index contributed by atoms with van der Waals surface area (Å²) in [7, 11) is 1.64. The van der Waals surface area contributed by atoms with Gasteiger partial charge in [0.1, 0.15) is 5.82 Å². The van der Waals surface area contributed by atoms with Crippen molar-refractivity contribution in [2.24, 2.45) is 0 Å². The van der Waals surface area contributed by atoms with E-state index in [1.807, 2.05) is 0 Å². The van der Waals surface area contributed by atoms with Crippen molar-refractivity contribution in [3.63, 3.8) is 0 Å². The molecule has 0 fully saturated rings. The van der Waals surface area contributed by atoms with Crippen LogP contribution in [0.3, 0.4) is 0 Å². The summed E-state index contributed by atoms with van der Waals surface area (Å²) in [6.07, 6.45) is 0. The largest absolute Gasteiger partial charge is 0.383 e. The first-order valence-electron chi connectivity index (χ1n) is 5.47. The van der Waals surface area contributed by atoms with Crippen LogP contribution in [0.4, 0.5) is 4.39 Å². The number of benzene rings is 1. The maximum Gasteiger partial charge on any atom is 0.251 e. The summed E-state index contributed by atoms with van der Waals surface area (Å²) in [6.45, 7) is 2.60. The molecule has 1 rings (SSSR count). The van der Waals surface area contributed by atoms with Gasteiger partial charge in [0, 0.05) is 32.3 Å². The third-order valence-corrected chi connectivity index (χ3v) is 2.18. The molecule has 1 aromatic carbocycles. The molecule has 102 valence electrons. The number of ether oxygens (including phenoxy) is 1. The molecule has 4 nitrogen and oxygen atoms in total. The Morgan fingerprint density at radius 2 is 1.89 bits per heavy atom. The molecular weight excluding hydrogens is 259 g/mol. The van der Waals surface area contributed by atoms with Crippen molar-refractivity contribution in [2.75, 3.05) is 33.4 Å². The van der Waals surface area contributed by atoms with Crippen molar-refractivity contribution < 1.29 is 13.9 Å². The van der Waals surface area contributed by atoms with E-state index in [9.17, 15) is 9.18 Å². The first-order chi connectivity index (χ1) is 8.24. The van der Waals surface area contributed by atoms with Crippen molar-refractivity contribution in [2.45, 2.75) is 0 Å². The molecule has 6 heteroatoms. The number of methoxy groups -OCH3 is 1. The van der Waals surface area contributed by atoms with Crippen LogP contribution in [0.5, 0.6) is 0 Å². The van der Waals surface area contributed by atoms with Gasteiger partial charge in [-0.05, 0) is 24.3 Å². The van der Waals surface area contributed by atoms with E-state index in [2.05, 4.69) is 10.6 Å². The van der Waals surface area contributed by atoms with Crippen LogP contribution < -0.4 is 10.6 Å². The maximum atomic E-state index is 12.6. The summed E-state index contributed by atoms with van der Waals surface area (Å²) in [5.74, 6) is -0.540. The van der Waals surface area contributed by atoms with Crippen LogP contribution in [0, 0.1) is 5.82 Å². The Morgan fingerprint density at radius 1 is 1.22 bits per heavy atom. The predicted octanol–water partition coefficient (Wildman–Crippen LogP) is 1.21. The molecule has 0 atom stereocenters. The lowest BCUT2D eigenvalue weighted by Crippen LogP contribution is -2.33. The molecule has 0 spiro atoms. The fourth-order valence-electron chi connectivity index (χ4n) is 1.27. The van der Waals surface area contributed by atoms with Gasteiger partial charge in [0.15, 0.2) is 0 Å². The number of rotatable bonds is 7. The molecule has 0 aliphatic carbocycles. The van der Waals surface area contributed by atoms with Crippen LogP contribution in [0.25, 0.3) is 0 Å². The van der Waals surface area contributed by atoms with Crippen molar-refractivity contribution in [1.82, 2.24) is 10.6 Å². The van der Waals surface area contributed by atoms with Crippen LogP contribution in [-0.2, 0) is 4.74 Å². The fraction of sp³-hybridized carbons (Fsp3) is 0.417. The Morgan fingerprint density at radius 3 is 2.50 bits per heavy atom. The van der Waals surface area contributed by atoms with Gasteiger partial charge in [-0.3, -0.25) is 4.79 Å². The molecule has 0 heterocycles. The smallest absolute Gasteiger partial charge is 0.251 e. The summed E-state index contributed by atoms with van der Waals surface area (Å²) in [5.41, 5.74) is 0.461. The van der Waals surface area contributed by atoms with Crippen molar-refractivity contribution >= 4 is 18.3 Å². The molecule has 18 heavy (non-hydrogen) atoms. The molecule has 0 saturated carbocycles. The van der Waals surface area contributed by atoms with Crippen LogP contribution in [0.1, 0.15) is 10.4 Å². The second-order valence-corrected chi connectivity index (χ2v) is 3.51. The second kappa shape index (κ2) is 9.82. The minimum Gasteiger partial charge on any atom is -0.383 e. The monoisotopic (exact) mass is 276 g/mol. The van der Waals surface area contributed by atoms with E-state index < -0.39 is 0 Å². The average Bonchev–Trinajstić information content (AvgIpc) is 2.34. The molecule has 0 unspecified atom stereocenters. The van der Waals surface area contributed by atoms with E-state index in [1.54, 1.807) is 7.11 Å². The van der Waals surface area contributed by atoms with Crippen LogP contribution >= 0.6 is 12.4 Å². The minimum atomic E-state index is -0.345. The van der Waals surface area contributed by atoms with Crippen LogP contribution in [0.2, 0.25) is 0 Å². The van der Waals surface area contributed by atoms with E-state index in [4.69, 9.17) is 4.74 Å². The average molecular weight is 277 g/mol. The number of halogens is 2. The number of carbonyl (C=O) groups excluding carboxylic acids is 1. The van der Waals surface area contributed by atoms with Gasteiger partial charge in [-0.2, -0.15) is 0 Å². The molecule has 0 aliphatic rings. The fourth-order valence-corrected chi connectivity index (χ4v) is 1.27. The first kappa shape index (κ1) is 16.8. The second-order valence-electron chi connectivity index (χ2n) is 3.51. The predicted molar refractivity (Wildman–Crippen MR) is 70.7 cm³/mol. The lowest BCUT2D eigenvalue weighted by atomic mass is 10.2. The van der Waals surface area contributed by atoms with E-state index in [0.29, 0.717) is 25.3 Å². The number of carbonyl (C=O) groups is 1. The summed E-state index contributed by atoms with van der Waals surface area (Å²) < 4.78 is 17.5. The summed E-state index contributed by atoms with van der Waals surface area (Å²) in [4.78, 5) is 11.6. The van der Waals surface area contributed by atoms with E-state index in [-0.39, 0.29) is 24.1 Å². The van der Waals surface area contributed by atoms with E-state index >= 15 is 0 Å². The molecule has 1 amide bonds. The third-order valence-electron chi connectivity index (χ3n) is 2.18. The van der Waals surface area contributed by atoms with Gasteiger partial charge in [-0.15, -0.1) is 12.4 Å². The van der Waals surface area contributed by atoms with Crippen molar-refractivity contribution in [3.05, 3.63) is 35.6 Å². The number of hydrogen-bond acceptors (Lipinski definition) is 3. The van der Waals surface area contributed by atoms with Crippen molar-refractivity contribution in [3.8, 4) is 0 Å². The molecule has 0 aliphatic heterocycles. The third kappa shape index (κ3) is 6.54. The molecule has 0 bridgehead atoms. The molecule has 1 aromatic rings. The van der Waals surface area contributed by atoms with Gasteiger partial charge < -0.3 is 15.4 Å². The molecule has 0 aromatic heterocycles. The molecule has 0 saturated heterocycles. The standard InChI is InChI=1S/C12H17FN2O2.ClH/c1-17-9-8-14-6-7-15-12(16)10-2-4-11(13)5-3-10;/h2-5,14H,6-9H2,1H3,(H,15,16);1H. The van der Waals surface area contributed by atoms with E-state index in [0.717, 1.165) is 6.54 Å². The maximum absolute atomic E-state index is 12.6. The first-order valence-corrected chi connectivity index (χ1v) is 5.47. The highest BCUT2D eigenvalue weighted by atomic mass is 35.5. The summed E-state index contributed by atoms with van der Waals surface area (Å²) >= 11 is 0. The van der Waals surface area contributed by atoms with Gasteiger partial charge in [0.05, 0.1) is 6.61 Å².